The monoisotopic (exact) mass is 341 g/mol. The van der Waals surface area contributed by atoms with E-state index < -0.39 is 5.97 Å². The molecule has 7 heteroatoms. The number of benzene rings is 1. The quantitative estimate of drug-likeness (QED) is 0.911. The fourth-order valence-corrected chi connectivity index (χ4v) is 3.03. The van der Waals surface area contributed by atoms with E-state index >= 15 is 0 Å². The van der Waals surface area contributed by atoms with E-state index in [0.29, 0.717) is 31.6 Å². The summed E-state index contributed by atoms with van der Waals surface area (Å²) in [4.78, 5) is 37.1. The van der Waals surface area contributed by atoms with Crippen molar-refractivity contribution >= 4 is 11.9 Å². The largest absolute Gasteiger partial charge is 0.481 e. The van der Waals surface area contributed by atoms with Crippen LogP contribution in [0.25, 0.3) is 5.69 Å². The second-order valence-electron chi connectivity index (χ2n) is 6.14. The molecule has 25 heavy (non-hydrogen) atoms. The number of aliphatic carboxylic acids is 1. The summed E-state index contributed by atoms with van der Waals surface area (Å²) in [7, 11) is 0. The van der Waals surface area contributed by atoms with Crippen LogP contribution >= 0.6 is 0 Å². The summed E-state index contributed by atoms with van der Waals surface area (Å²) in [6.07, 6.45) is 1.46. The molecule has 1 aliphatic rings. The predicted octanol–water partition coefficient (Wildman–Crippen LogP) is 1.56. The number of amides is 1. The first-order valence-corrected chi connectivity index (χ1v) is 8.21. The third-order valence-corrected chi connectivity index (χ3v) is 4.39. The van der Waals surface area contributed by atoms with Crippen LogP contribution in [0.4, 0.5) is 0 Å². The molecule has 1 aliphatic heterocycles. The van der Waals surface area contributed by atoms with Crippen LogP contribution in [0.3, 0.4) is 0 Å². The van der Waals surface area contributed by atoms with Crippen LogP contribution in [0.1, 0.15) is 29.8 Å². The number of para-hydroxylation sites is 1. The van der Waals surface area contributed by atoms with Crippen molar-refractivity contribution in [2.24, 2.45) is 5.92 Å². The van der Waals surface area contributed by atoms with Crippen LogP contribution in [0.2, 0.25) is 0 Å². The zero-order valence-electron chi connectivity index (χ0n) is 13.7. The number of carboxylic acids is 1. The Balaban J connectivity index is 1.75. The molecule has 1 N–H and O–H groups in total. The summed E-state index contributed by atoms with van der Waals surface area (Å²) < 4.78 is 1.21. The van der Waals surface area contributed by atoms with E-state index in [1.807, 2.05) is 6.07 Å². The summed E-state index contributed by atoms with van der Waals surface area (Å²) in [6.45, 7) is 1.01. The molecule has 0 aliphatic carbocycles. The Kier molecular flexibility index (Phi) is 4.92. The lowest BCUT2D eigenvalue weighted by molar-refractivity contribution is -0.138. The molecule has 130 valence electrons. The number of rotatable bonds is 4. The second kappa shape index (κ2) is 7.29. The first-order valence-electron chi connectivity index (χ1n) is 8.21. The molecule has 7 nitrogen and oxygen atoms in total. The van der Waals surface area contributed by atoms with Crippen LogP contribution < -0.4 is 5.56 Å². The Labute approximate surface area is 144 Å². The molecule has 1 aromatic carbocycles. The number of likely N-dealkylation sites (tertiary alicyclic amines) is 1. The highest BCUT2D eigenvalue weighted by molar-refractivity contribution is 5.92. The van der Waals surface area contributed by atoms with Gasteiger partial charge in [-0.2, -0.15) is 9.78 Å². The molecule has 0 bridgehead atoms. The Bertz CT molecular complexity index is 824. The van der Waals surface area contributed by atoms with Gasteiger partial charge in [0.2, 0.25) is 0 Å². The van der Waals surface area contributed by atoms with Crippen molar-refractivity contribution in [2.45, 2.75) is 19.3 Å². The lowest BCUT2D eigenvalue weighted by Crippen LogP contribution is -2.40. The first-order chi connectivity index (χ1) is 12.0. The van der Waals surface area contributed by atoms with Gasteiger partial charge in [0.25, 0.3) is 11.5 Å². The molecule has 3 rings (SSSR count). The number of carbonyl (C=O) groups excluding carboxylic acids is 1. The van der Waals surface area contributed by atoms with E-state index in [-0.39, 0.29) is 29.5 Å². The van der Waals surface area contributed by atoms with Gasteiger partial charge in [-0.3, -0.25) is 14.4 Å². The van der Waals surface area contributed by atoms with Crippen molar-refractivity contribution in [2.75, 3.05) is 13.1 Å². The number of aromatic nitrogens is 2. The van der Waals surface area contributed by atoms with Gasteiger partial charge >= 0.3 is 5.97 Å². The van der Waals surface area contributed by atoms with E-state index in [9.17, 15) is 14.4 Å². The van der Waals surface area contributed by atoms with Crippen LogP contribution in [0.15, 0.2) is 47.3 Å². The van der Waals surface area contributed by atoms with Crippen LogP contribution in [-0.4, -0.2) is 44.8 Å². The molecule has 1 amide bonds. The van der Waals surface area contributed by atoms with Gasteiger partial charge in [0, 0.05) is 25.6 Å². The molecule has 0 spiro atoms. The molecular formula is C18H19N3O4. The molecule has 0 radical (unpaired) electrons. The lowest BCUT2D eigenvalue weighted by Gasteiger charge is -2.31. The number of hydrogen-bond donors (Lipinski definition) is 1. The molecule has 1 aromatic heterocycles. The van der Waals surface area contributed by atoms with Crippen molar-refractivity contribution in [3.8, 4) is 5.69 Å². The van der Waals surface area contributed by atoms with E-state index in [0.717, 1.165) is 0 Å². The molecule has 0 unspecified atom stereocenters. The Morgan fingerprint density at radius 2 is 1.76 bits per heavy atom. The summed E-state index contributed by atoms with van der Waals surface area (Å²) >= 11 is 0. The number of nitrogens with zero attached hydrogens (tertiary/aromatic N) is 3. The third-order valence-electron chi connectivity index (χ3n) is 4.39. The Morgan fingerprint density at radius 1 is 1.08 bits per heavy atom. The fraction of sp³-hybridized carbons (Fsp3) is 0.333. The van der Waals surface area contributed by atoms with Gasteiger partial charge in [-0.25, -0.2) is 0 Å². The molecule has 2 aromatic rings. The van der Waals surface area contributed by atoms with Crippen LogP contribution in [0, 0.1) is 5.92 Å². The van der Waals surface area contributed by atoms with E-state index in [2.05, 4.69) is 5.10 Å². The average molecular weight is 341 g/mol. The number of piperidine rings is 1. The zero-order chi connectivity index (χ0) is 17.8. The maximum absolute atomic E-state index is 12.7. The topological polar surface area (TPSA) is 92.5 Å². The maximum Gasteiger partial charge on any atom is 0.303 e. The standard InChI is InChI=1S/C18H19N3O4/c22-16-7-6-15(19-21(16)14-4-2-1-3-5-14)18(25)20-10-8-13(9-11-20)12-17(23)24/h1-7,13H,8-12H2,(H,23,24). The minimum absolute atomic E-state index is 0.104. The number of hydrogen-bond acceptors (Lipinski definition) is 4. The number of carboxylic acid groups (broad SMARTS) is 1. The van der Waals surface area contributed by atoms with Crippen molar-refractivity contribution in [1.82, 2.24) is 14.7 Å². The van der Waals surface area contributed by atoms with Gasteiger partial charge in [0.05, 0.1) is 5.69 Å². The second-order valence-corrected chi connectivity index (χ2v) is 6.14. The van der Waals surface area contributed by atoms with Gasteiger partial charge in [-0.05, 0) is 37.0 Å². The van der Waals surface area contributed by atoms with E-state index in [1.54, 1.807) is 29.2 Å². The maximum atomic E-state index is 12.7. The molecule has 0 saturated carbocycles. The molecular weight excluding hydrogens is 322 g/mol. The zero-order valence-corrected chi connectivity index (χ0v) is 13.7. The van der Waals surface area contributed by atoms with Gasteiger partial charge in [-0.1, -0.05) is 18.2 Å². The van der Waals surface area contributed by atoms with Crippen molar-refractivity contribution < 1.29 is 14.7 Å². The minimum atomic E-state index is -0.804. The fourth-order valence-electron chi connectivity index (χ4n) is 3.03. The third kappa shape index (κ3) is 3.93. The van der Waals surface area contributed by atoms with Crippen molar-refractivity contribution in [1.29, 1.82) is 0 Å². The molecule has 2 heterocycles. The summed E-state index contributed by atoms with van der Waals surface area (Å²) in [5, 5.41) is 13.1. The smallest absolute Gasteiger partial charge is 0.303 e. The van der Waals surface area contributed by atoms with E-state index in [4.69, 9.17) is 5.11 Å². The molecule has 1 fully saturated rings. The SMILES string of the molecule is O=C(O)CC1CCN(C(=O)c2ccc(=O)n(-c3ccccc3)n2)CC1. The van der Waals surface area contributed by atoms with Crippen LogP contribution in [-0.2, 0) is 4.79 Å². The highest BCUT2D eigenvalue weighted by Gasteiger charge is 2.26. The first kappa shape index (κ1) is 16.9. The summed E-state index contributed by atoms with van der Waals surface area (Å²) in [5.74, 6) is -0.937. The Hall–Kier alpha value is -2.96. The van der Waals surface area contributed by atoms with Gasteiger partial charge in [0.1, 0.15) is 5.69 Å². The van der Waals surface area contributed by atoms with Crippen molar-refractivity contribution in [3.63, 3.8) is 0 Å². The number of carbonyl (C=O) groups is 2. The van der Waals surface area contributed by atoms with Gasteiger partial charge in [-0.15, -0.1) is 0 Å². The summed E-state index contributed by atoms with van der Waals surface area (Å²) in [5.41, 5.74) is 0.505. The van der Waals surface area contributed by atoms with Gasteiger partial charge < -0.3 is 10.0 Å². The predicted molar refractivity (Wildman–Crippen MR) is 90.7 cm³/mol. The highest BCUT2D eigenvalue weighted by atomic mass is 16.4. The van der Waals surface area contributed by atoms with Crippen LogP contribution in [0.5, 0.6) is 0 Å². The Morgan fingerprint density at radius 3 is 2.40 bits per heavy atom. The lowest BCUT2D eigenvalue weighted by atomic mass is 9.93. The van der Waals surface area contributed by atoms with Gasteiger partial charge in [0.15, 0.2) is 0 Å². The normalized spacial score (nSPS) is 15.1. The summed E-state index contributed by atoms with van der Waals surface area (Å²) in [6, 6.07) is 11.7. The van der Waals surface area contributed by atoms with Crippen molar-refractivity contribution in [3.05, 3.63) is 58.5 Å². The molecule has 0 atom stereocenters. The average Bonchev–Trinajstić information content (AvgIpc) is 2.62. The minimum Gasteiger partial charge on any atom is -0.481 e. The molecule has 1 saturated heterocycles. The highest BCUT2D eigenvalue weighted by Crippen LogP contribution is 2.21. The van der Waals surface area contributed by atoms with E-state index in [1.165, 1.54) is 16.8 Å².